The molecule has 1 heterocycles. The Morgan fingerprint density at radius 2 is 2.23 bits per heavy atom. The zero-order valence-corrected chi connectivity index (χ0v) is 7.70. The molecule has 0 aromatic carbocycles. The lowest BCUT2D eigenvalue weighted by molar-refractivity contribution is 0.319. The second-order valence-corrected chi connectivity index (χ2v) is 4.78. The number of hydrogen-bond donors (Lipinski definition) is 1. The largest absolute Gasteiger partial charge is 0.395 e. The predicted molar refractivity (Wildman–Crippen MR) is 43.7 cm³/mol. The number of aliphatic hydroxyl groups is 1. The zero-order valence-electron chi connectivity index (χ0n) is 6.88. The van der Waals surface area contributed by atoms with Crippen LogP contribution in [0, 0.1) is 0 Å². The Bertz CT molecular complexity index is 332. The number of aliphatic hydroxyl groups excluding tert-OH is 1. The lowest BCUT2D eigenvalue weighted by atomic mass is 10.5. The molecule has 1 rings (SSSR count). The Morgan fingerprint density at radius 1 is 1.46 bits per heavy atom. The monoisotopic (exact) mass is 206 g/mol. The van der Waals surface area contributed by atoms with Gasteiger partial charge in [-0.2, -0.15) is 4.98 Å². The molecule has 0 spiro atoms. The second-order valence-electron chi connectivity index (χ2n) is 2.47. The molecule has 0 aliphatic heterocycles. The number of aryl methyl sites for hydroxylation is 1. The molecule has 0 unspecified atom stereocenters. The molecule has 0 fully saturated rings. The SMILES string of the molecule is O=S(=O)(CCO)CCc1ncon1. The first kappa shape index (κ1) is 10.1. The fourth-order valence-corrected chi connectivity index (χ4v) is 1.77. The molecule has 1 N–H and O–H groups in total. The molecular formula is C6H10N2O4S. The van der Waals surface area contributed by atoms with E-state index in [-0.39, 0.29) is 24.5 Å². The van der Waals surface area contributed by atoms with Crippen molar-refractivity contribution < 1.29 is 18.0 Å². The number of sulfone groups is 1. The highest BCUT2D eigenvalue weighted by atomic mass is 32.2. The van der Waals surface area contributed by atoms with E-state index in [0.717, 1.165) is 6.39 Å². The molecule has 13 heavy (non-hydrogen) atoms. The van der Waals surface area contributed by atoms with Crippen molar-refractivity contribution in [2.75, 3.05) is 18.1 Å². The highest BCUT2D eigenvalue weighted by Gasteiger charge is 2.11. The quantitative estimate of drug-likeness (QED) is 0.665. The molecule has 7 heteroatoms. The van der Waals surface area contributed by atoms with Crippen LogP contribution < -0.4 is 0 Å². The second kappa shape index (κ2) is 4.33. The fraction of sp³-hybridized carbons (Fsp3) is 0.667. The van der Waals surface area contributed by atoms with Gasteiger partial charge >= 0.3 is 0 Å². The van der Waals surface area contributed by atoms with E-state index in [4.69, 9.17) is 5.11 Å². The minimum atomic E-state index is -3.18. The Morgan fingerprint density at radius 3 is 2.77 bits per heavy atom. The summed E-state index contributed by atoms with van der Waals surface area (Å²) in [7, 11) is -3.18. The van der Waals surface area contributed by atoms with Gasteiger partial charge in [0, 0.05) is 6.42 Å². The normalized spacial score (nSPS) is 11.8. The van der Waals surface area contributed by atoms with E-state index in [0.29, 0.717) is 5.82 Å². The van der Waals surface area contributed by atoms with E-state index in [2.05, 4.69) is 14.7 Å². The molecule has 0 amide bonds. The number of aromatic nitrogens is 2. The number of rotatable bonds is 5. The molecule has 0 atom stereocenters. The molecule has 74 valence electrons. The van der Waals surface area contributed by atoms with Crippen LogP contribution in [0.15, 0.2) is 10.9 Å². The third-order valence-electron chi connectivity index (χ3n) is 1.45. The van der Waals surface area contributed by atoms with E-state index in [1.807, 2.05) is 0 Å². The van der Waals surface area contributed by atoms with Crippen molar-refractivity contribution in [3.63, 3.8) is 0 Å². The van der Waals surface area contributed by atoms with Crippen molar-refractivity contribution in [3.05, 3.63) is 12.2 Å². The number of nitrogens with zero attached hydrogens (tertiary/aromatic N) is 2. The first-order chi connectivity index (χ1) is 6.14. The van der Waals surface area contributed by atoms with Gasteiger partial charge in [-0.15, -0.1) is 0 Å². The lowest BCUT2D eigenvalue weighted by Crippen LogP contribution is -2.15. The van der Waals surface area contributed by atoms with Gasteiger partial charge < -0.3 is 9.63 Å². The van der Waals surface area contributed by atoms with Gasteiger partial charge in [-0.1, -0.05) is 5.16 Å². The average molecular weight is 206 g/mol. The van der Waals surface area contributed by atoms with Crippen LogP contribution in [0.3, 0.4) is 0 Å². The zero-order chi connectivity index (χ0) is 9.73. The van der Waals surface area contributed by atoms with E-state index >= 15 is 0 Å². The van der Waals surface area contributed by atoms with Gasteiger partial charge in [-0.3, -0.25) is 0 Å². The molecule has 0 saturated heterocycles. The van der Waals surface area contributed by atoms with Crippen LogP contribution in [0.2, 0.25) is 0 Å². The average Bonchev–Trinajstić information content (AvgIpc) is 2.52. The number of hydrogen-bond acceptors (Lipinski definition) is 6. The van der Waals surface area contributed by atoms with Crippen molar-refractivity contribution >= 4 is 9.84 Å². The highest BCUT2D eigenvalue weighted by Crippen LogP contribution is 1.96. The van der Waals surface area contributed by atoms with E-state index in [1.54, 1.807) is 0 Å². The summed E-state index contributed by atoms with van der Waals surface area (Å²) in [5.41, 5.74) is 0. The van der Waals surface area contributed by atoms with Gasteiger partial charge in [0.2, 0.25) is 6.39 Å². The standard InChI is InChI=1S/C6H10N2O4S/c9-2-4-13(10,11)3-1-6-7-5-12-8-6/h5,9H,1-4H2. The maximum Gasteiger partial charge on any atom is 0.213 e. The first-order valence-electron chi connectivity index (χ1n) is 3.70. The molecule has 1 aromatic rings. The molecule has 0 saturated carbocycles. The van der Waals surface area contributed by atoms with Gasteiger partial charge in [-0.25, -0.2) is 8.42 Å². The first-order valence-corrected chi connectivity index (χ1v) is 5.53. The van der Waals surface area contributed by atoms with Crippen LogP contribution in [0.25, 0.3) is 0 Å². The Hall–Kier alpha value is -0.950. The summed E-state index contributed by atoms with van der Waals surface area (Å²) in [6.07, 6.45) is 1.37. The minimum absolute atomic E-state index is 0.0624. The molecule has 0 aliphatic carbocycles. The van der Waals surface area contributed by atoms with Crippen LogP contribution >= 0.6 is 0 Å². The summed E-state index contributed by atoms with van der Waals surface area (Å²) in [5.74, 6) is 0.0827. The van der Waals surface area contributed by atoms with Gasteiger partial charge in [0.1, 0.15) is 0 Å². The van der Waals surface area contributed by atoms with Crippen molar-refractivity contribution in [1.29, 1.82) is 0 Å². The Balaban J connectivity index is 2.43. The van der Waals surface area contributed by atoms with Gasteiger partial charge in [-0.05, 0) is 0 Å². The third-order valence-corrected chi connectivity index (χ3v) is 3.08. The maximum absolute atomic E-state index is 11.1. The van der Waals surface area contributed by atoms with Crippen molar-refractivity contribution in [1.82, 2.24) is 10.1 Å². The Labute approximate surface area is 75.5 Å². The molecule has 6 nitrogen and oxygen atoms in total. The van der Waals surface area contributed by atoms with Crippen LogP contribution in [0.4, 0.5) is 0 Å². The van der Waals surface area contributed by atoms with Gasteiger partial charge in [0.15, 0.2) is 15.7 Å². The summed E-state index contributed by atoms with van der Waals surface area (Å²) >= 11 is 0. The molecule has 0 radical (unpaired) electrons. The van der Waals surface area contributed by atoms with Gasteiger partial charge in [0.05, 0.1) is 18.1 Å². The fourth-order valence-electron chi connectivity index (χ4n) is 0.791. The molecular weight excluding hydrogens is 196 g/mol. The predicted octanol–water partition coefficient (Wildman–Crippen LogP) is -0.981. The van der Waals surface area contributed by atoms with Crippen LogP contribution in [0.1, 0.15) is 5.82 Å². The maximum atomic E-state index is 11.1. The van der Waals surface area contributed by atoms with Gasteiger partial charge in [0.25, 0.3) is 0 Å². The minimum Gasteiger partial charge on any atom is -0.395 e. The highest BCUT2D eigenvalue weighted by molar-refractivity contribution is 7.91. The summed E-state index contributed by atoms with van der Waals surface area (Å²) in [6.45, 7) is -0.353. The summed E-state index contributed by atoms with van der Waals surface area (Å²) < 4.78 is 26.6. The van der Waals surface area contributed by atoms with E-state index < -0.39 is 9.84 Å². The lowest BCUT2D eigenvalue weighted by Gasteiger charge is -1.98. The summed E-state index contributed by atoms with van der Waals surface area (Å²) in [4.78, 5) is 3.67. The van der Waals surface area contributed by atoms with Crippen molar-refractivity contribution in [3.8, 4) is 0 Å². The molecule has 0 bridgehead atoms. The Kier molecular flexibility index (Phi) is 3.38. The molecule has 1 aromatic heterocycles. The van der Waals surface area contributed by atoms with Crippen LogP contribution in [0.5, 0.6) is 0 Å². The van der Waals surface area contributed by atoms with Crippen LogP contribution in [-0.4, -0.2) is 41.8 Å². The smallest absolute Gasteiger partial charge is 0.213 e. The summed E-state index contributed by atoms with van der Waals surface area (Å²) in [5, 5.41) is 11.9. The van der Waals surface area contributed by atoms with Crippen molar-refractivity contribution in [2.24, 2.45) is 0 Å². The topological polar surface area (TPSA) is 93.3 Å². The summed E-state index contributed by atoms with van der Waals surface area (Å²) in [6, 6.07) is 0. The third kappa shape index (κ3) is 3.51. The van der Waals surface area contributed by atoms with E-state index in [9.17, 15) is 8.42 Å². The molecule has 0 aliphatic rings. The van der Waals surface area contributed by atoms with E-state index in [1.165, 1.54) is 0 Å². The van der Waals surface area contributed by atoms with Crippen molar-refractivity contribution in [2.45, 2.75) is 6.42 Å². The van der Waals surface area contributed by atoms with Crippen LogP contribution in [-0.2, 0) is 16.3 Å².